The predicted molar refractivity (Wildman–Crippen MR) is 95.7 cm³/mol. The molecule has 0 amide bonds. The number of hydrogen-bond donors (Lipinski definition) is 3. The van der Waals surface area contributed by atoms with E-state index < -0.39 is 5.82 Å². The second-order valence-corrected chi connectivity index (χ2v) is 6.46. The minimum absolute atomic E-state index is 0.299. The molecule has 0 saturated carbocycles. The number of aliphatic hydroxyl groups excluding tert-OH is 1. The molecule has 3 N–H and O–H groups in total. The summed E-state index contributed by atoms with van der Waals surface area (Å²) in [5.74, 6) is 0.288. The maximum absolute atomic E-state index is 13.4. The Morgan fingerprint density at radius 3 is 2.88 bits per heavy atom. The van der Waals surface area contributed by atoms with Crippen molar-refractivity contribution in [3.05, 3.63) is 51.2 Å². The lowest BCUT2D eigenvalue weighted by molar-refractivity contribution is 0.275. The summed E-state index contributed by atoms with van der Waals surface area (Å²) in [5.41, 5.74) is 1.18. The average Bonchev–Trinajstić information content (AvgIpc) is 3.07. The van der Waals surface area contributed by atoms with Crippen LogP contribution in [0, 0.1) is 5.82 Å². The number of aryl methyl sites for hydroxylation is 1. The van der Waals surface area contributed by atoms with Crippen LogP contribution in [-0.2, 0) is 26.0 Å². The van der Waals surface area contributed by atoms with Crippen LogP contribution in [0.25, 0.3) is 0 Å². The molecule has 0 unspecified atom stereocenters. The van der Waals surface area contributed by atoms with Crippen LogP contribution in [-0.4, -0.2) is 29.6 Å². The quantitative estimate of drug-likeness (QED) is 0.529. The normalized spacial score (nSPS) is 11.6. The van der Waals surface area contributed by atoms with E-state index >= 15 is 0 Å². The highest BCUT2D eigenvalue weighted by molar-refractivity contribution is 7.11. The van der Waals surface area contributed by atoms with Gasteiger partial charge in [0.05, 0.1) is 11.6 Å². The van der Waals surface area contributed by atoms with Gasteiger partial charge in [-0.05, 0) is 24.1 Å². The zero-order chi connectivity index (χ0) is 17.4. The lowest BCUT2D eigenvalue weighted by atomic mass is 10.1. The van der Waals surface area contributed by atoms with E-state index in [9.17, 15) is 4.39 Å². The van der Waals surface area contributed by atoms with Crippen LogP contribution in [0.1, 0.15) is 27.9 Å². The van der Waals surface area contributed by atoms with Crippen molar-refractivity contribution >= 4 is 17.3 Å². The molecular formula is C17H23FN4OS. The summed E-state index contributed by atoms with van der Waals surface area (Å²) in [7, 11) is 1.71. The van der Waals surface area contributed by atoms with E-state index in [-0.39, 0.29) is 6.61 Å². The largest absolute Gasteiger partial charge is 0.392 e. The van der Waals surface area contributed by atoms with Crippen molar-refractivity contribution in [1.82, 2.24) is 15.6 Å². The second-order valence-electron chi connectivity index (χ2n) is 5.26. The Kier molecular flexibility index (Phi) is 7.14. The number of halogens is 1. The number of aromatic nitrogens is 1. The Morgan fingerprint density at radius 1 is 1.38 bits per heavy atom. The zero-order valence-electron chi connectivity index (χ0n) is 14.0. The van der Waals surface area contributed by atoms with Crippen LogP contribution < -0.4 is 10.6 Å². The molecule has 0 aliphatic rings. The summed E-state index contributed by atoms with van der Waals surface area (Å²) in [4.78, 5) is 9.85. The number of rotatable bonds is 7. The van der Waals surface area contributed by atoms with Crippen molar-refractivity contribution in [3.63, 3.8) is 0 Å². The molecule has 1 aromatic carbocycles. The molecule has 1 heterocycles. The fourth-order valence-electron chi connectivity index (χ4n) is 2.18. The van der Waals surface area contributed by atoms with Gasteiger partial charge in [0.15, 0.2) is 5.96 Å². The number of benzene rings is 1. The predicted octanol–water partition coefficient (Wildman–Crippen LogP) is 2.24. The van der Waals surface area contributed by atoms with E-state index in [0.717, 1.165) is 30.0 Å². The van der Waals surface area contributed by atoms with Crippen LogP contribution in [0.5, 0.6) is 0 Å². The van der Waals surface area contributed by atoms with E-state index in [1.807, 2.05) is 6.20 Å². The first-order chi connectivity index (χ1) is 11.7. The second kappa shape index (κ2) is 9.34. The lowest BCUT2D eigenvalue weighted by Crippen LogP contribution is -2.37. The zero-order valence-corrected chi connectivity index (χ0v) is 14.8. The van der Waals surface area contributed by atoms with Gasteiger partial charge in [0.1, 0.15) is 5.82 Å². The minimum atomic E-state index is -0.390. The van der Waals surface area contributed by atoms with Crippen LogP contribution in [0.3, 0.4) is 0 Å². The molecule has 0 bridgehead atoms. The van der Waals surface area contributed by atoms with Crippen molar-refractivity contribution in [3.8, 4) is 0 Å². The van der Waals surface area contributed by atoms with Crippen LogP contribution >= 0.6 is 11.3 Å². The Balaban J connectivity index is 1.80. The van der Waals surface area contributed by atoms with E-state index in [1.54, 1.807) is 30.5 Å². The molecule has 0 spiro atoms. The van der Waals surface area contributed by atoms with Crippen LogP contribution in [0.15, 0.2) is 29.4 Å². The van der Waals surface area contributed by atoms with E-state index in [0.29, 0.717) is 18.1 Å². The number of aliphatic hydroxyl groups is 1. The van der Waals surface area contributed by atoms with Gasteiger partial charge in [0, 0.05) is 43.2 Å². The topological polar surface area (TPSA) is 69.5 Å². The van der Waals surface area contributed by atoms with Crippen molar-refractivity contribution in [1.29, 1.82) is 0 Å². The summed E-state index contributed by atoms with van der Waals surface area (Å²) in [6, 6.07) is 4.71. The van der Waals surface area contributed by atoms with Gasteiger partial charge in [-0.2, -0.15) is 0 Å². The van der Waals surface area contributed by atoms with Gasteiger partial charge in [0.2, 0.25) is 0 Å². The number of guanidine groups is 1. The van der Waals surface area contributed by atoms with E-state index in [2.05, 4.69) is 27.5 Å². The molecule has 24 heavy (non-hydrogen) atoms. The highest BCUT2D eigenvalue weighted by Crippen LogP contribution is 2.13. The smallest absolute Gasteiger partial charge is 0.191 e. The first kappa shape index (κ1) is 18.4. The fraction of sp³-hybridized carbons (Fsp3) is 0.412. The Labute approximate surface area is 145 Å². The van der Waals surface area contributed by atoms with Crippen molar-refractivity contribution < 1.29 is 9.50 Å². The van der Waals surface area contributed by atoms with Gasteiger partial charge in [0.25, 0.3) is 0 Å². The van der Waals surface area contributed by atoms with Crippen LogP contribution in [0.2, 0.25) is 0 Å². The number of aliphatic imine (C=N–C) groups is 1. The maximum Gasteiger partial charge on any atom is 0.191 e. The monoisotopic (exact) mass is 350 g/mol. The summed E-state index contributed by atoms with van der Waals surface area (Å²) in [6.45, 7) is 3.06. The molecule has 0 saturated heterocycles. The lowest BCUT2D eigenvalue weighted by Gasteiger charge is -2.12. The van der Waals surface area contributed by atoms with Gasteiger partial charge in [-0.3, -0.25) is 4.99 Å². The SMILES string of the molecule is CCc1cnc(CCNC(=NC)NCc2ccc(F)c(CO)c2)s1. The molecule has 0 aliphatic carbocycles. The molecule has 1 aromatic heterocycles. The number of nitrogens with zero attached hydrogens (tertiary/aromatic N) is 2. The van der Waals surface area contributed by atoms with Gasteiger partial charge in [-0.15, -0.1) is 11.3 Å². The van der Waals surface area contributed by atoms with Gasteiger partial charge < -0.3 is 15.7 Å². The molecular weight excluding hydrogens is 327 g/mol. The summed E-state index contributed by atoms with van der Waals surface area (Å²) < 4.78 is 13.4. The molecule has 0 aliphatic heterocycles. The van der Waals surface area contributed by atoms with E-state index in [4.69, 9.17) is 5.11 Å². The molecule has 7 heteroatoms. The summed E-state index contributed by atoms with van der Waals surface area (Å²) in [5, 5.41) is 16.6. The first-order valence-corrected chi connectivity index (χ1v) is 8.74. The number of nitrogens with one attached hydrogen (secondary N) is 2. The van der Waals surface area contributed by atoms with Gasteiger partial charge in [-0.1, -0.05) is 13.0 Å². The third-order valence-corrected chi connectivity index (χ3v) is 4.75. The third kappa shape index (κ3) is 5.28. The van der Waals surface area contributed by atoms with E-state index in [1.165, 1.54) is 10.9 Å². The first-order valence-electron chi connectivity index (χ1n) is 7.92. The van der Waals surface area contributed by atoms with Crippen molar-refractivity contribution in [2.75, 3.05) is 13.6 Å². The van der Waals surface area contributed by atoms with Gasteiger partial charge >= 0.3 is 0 Å². The van der Waals surface area contributed by atoms with Crippen LogP contribution in [0.4, 0.5) is 4.39 Å². The molecule has 5 nitrogen and oxygen atoms in total. The Morgan fingerprint density at radius 2 is 2.21 bits per heavy atom. The molecule has 2 rings (SSSR count). The Hall–Kier alpha value is -1.99. The number of thiazole rings is 1. The molecule has 0 radical (unpaired) electrons. The molecule has 0 atom stereocenters. The Bertz CT molecular complexity index is 687. The molecule has 130 valence electrons. The minimum Gasteiger partial charge on any atom is -0.392 e. The number of hydrogen-bond acceptors (Lipinski definition) is 4. The maximum atomic E-state index is 13.4. The summed E-state index contributed by atoms with van der Waals surface area (Å²) >= 11 is 1.74. The highest BCUT2D eigenvalue weighted by Gasteiger charge is 2.05. The highest BCUT2D eigenvalue weighted by atomic mass is 32.1. The molecule has 2 aromatic rings. The fourth-order valence-corrected chi connectivity index (χ4v) is 3.04. The van der Waals surface area contributed by atoms with Crippen molar-refractivity contribution in [2.45, 2.75) is 32.9 Å². The van der Waals surface area contributed by atoms with Gasteiger partial charge in [-0.25, -0.2) is 9.37 Å². The van der Waals surface area contributed by atoms with Crippen molar-refractivity contribution in [2.24, 2.45) is 4.99 Å². The average molecular weight is 350 g/mol. The third-order valence-electron chi connectivity index (χ3n) is 3.55. The molecule has 0 fully saturated rings. The summed E-state index contributed by atoms with van der Waals surface area (Å²) in [6.07, 6.45) is 3.79. The standard InChI is InChI=1S/C17H23FN4OS/c1-3-14-10-21-16(24-14)6-7-20-17(19-2)22-9-12-4-5-15(18)13(8-12)11-23/h4-5,8,10,23H,3,6-7,9,11H2,1-2H3,(H2,19,20,22).